The minimum atomic E-state index is -0.676. The molecule has 0 amide bonds. The van der Waals surface area contributed by atoms with Crippen molar-refractivity contribution in [2.45, 2.75) is 51.9 Å². The molecule has 206 valence electrons. The van der Waals surface area contributed by atoms with Crippen LogP contribution in [0, 0.1) is 11.3 Å². The zero-order valence-electron chi connectivity index (χ0n) is 23.1. The molecule has 0 saturated carbocycles. The second-order valence-electron chi connectivity index (χ2n) is 10.3. The van der Waals surface area contributed by atoms with Crippen LogP contribution in [0.25, 0.3) is 0 Å². The maximum Gasteiger partial charge on any atom is 0.336 e. The molecule has 2 aromatic rings. The summed E-state index contributed by atoms with van der Waals surface area (Å²) < 4.78 is 10.4. The summed E-state index contributed by atoms with van der Waals surface area (Å²) in [5.74, 6) is -0.490. The van der Waals surface area contributed by atoms with Crippen LogP contribution >= 0.6 is 23.4 Å². The van der Waals surface area contributed by atoms with E-state index in [1.807, 2.05) is 36.4 Å². The van der Waals surface area contributed by atoms with Crippen molar-refractivity contribution in [1.82, 2.24) is 5.32 Å². The quantitative estimate of drug-likeness (QED) is 0.179. The van der Waals surface area contributed by atoms with Crippen LogP contribution in [-0.4, -0.2) is 37.8 Å². The third kappa shape index (κ3) is 7.76. The molecular weight excluding hydrogens is 532 g/mol. The van der Waals surface area contributed by atoms with Gasteiger partial charge < -0.3 is 14.8 Å². The topological polar surface area (TPSA) is 88.4 Å². The van der Waals surface area contributed by atoms with Crippen LogP contribution in [0.4, 0.5) is 0 Å². The van der Waals surface area contributed by atoms with E-state index in [0.717, 1.165) is 0 Å². The zero-order chi connectivity index (χ0) is 28.6. The number of hydrogen-bond acceptors (Lipinski definition) is 7. The molecule has 1 heterocycles. The number of rotatable bonds is 11. The number of allylic oxidation sites excluding steroid dienone is 2. The lowest BCUT2D eigenvalue weighted by molar-refractivity contribution is -0.140. The highest BCUT2D eigenvalue weighted by molar-refractivity contribution is 8.03. The smallest absolute Gasteiger partial charge is 0.336 e. The van der Waals surface area contributed by atoms with Crippen molar-refractivity contribution < 1.29 is 19.1 Å². The molecule has 1 atom stereocenters. The number of halogens is 1. The zero-order valence-corrected chi connectivity index (χ0v) is 24.7. The Morgan fingerprint density at radius 2 is 1.79 bits per heavy atom. The van der Waals surface area contributed by atoms with Gasteiger partial charge in [-0.25, -0.2) is 4.79 Å². The SMILES string of the molecule is COCCOC(=O)C1=C(C)NC(SCCCC(=O)c2ccc(C(C)(C)C)cc2)=C(C#N)[C@H]1c1ccccc1Cl. The number of Topliss-reactive ketones (excluding diaryl/α,β-unsaturated/α-hetero) is 1. The van der Waals surface area contributed by atoms with Gasteiger partial charge in [0.15, 0.2) is 5.78 Å². The van der Waals surface area contributed by atoms with E-state index in [0.29, 0.717) is 56.6 Å². The Hall–Kier alpha value is -3.05. The number of carbonyl (C=O) groups is 2. The second kappa shape index (κ2) is 13.8. The molecule has 39 heavy (non-hydrogen) atoms. The van der Waals surface area contributed by atoms with E-state index in [1.54, 1.807) is 19.1 Å². The van der Waals surface area contributed by atoms with Crippen molar-refractivity contribution in [2.75, 3.05) is 26.1 Å². The molecule has 3 rings (SSSR count). The number of nitrogens with one attached hydrogen (secondary N) is 1. The van der Waals surface area contributed by atoms with Crippen molar-refractivity contribution >= 4 is 35.1 Å². The van der Waals surface area contributed by atoms with E-state index < -0.39 is 11.9 Å². The first-order chi connectivity index (χ1) is 18.6. The highest BCUT2D eigenvalue weighted by Crippen LogP contribution is 2.43. The lowest BCUT2D eigenvalue weighted by atomic mass is 9.82. The predicted octanol–water partition coefficient (Wildman–Crippen LogP) is 6.92. The number of benzene rings is 2. The van der Waals surface area contributed by atoms with Crippen molar-refractivity contribution in [3.63, 3.8) is 0 Å². The summed E-state index contributed by atoms with van der Waals surface area (Å²) in [5.41, 5.74) is 3.91. The lowest BCUT2D eigenvalue weighted by Gasteiger charge is -2.29. The summed E-state index contributed by atoms with van der Waals surface area (Å²) in [6.07, 6.45) is 1.04. The number of nitrogens with zero attached hydrogens (tertiary/aromatic N) is 1. The fourth-order valence-corrected chi connectivity index (χ4v) is 5.60. The molecule has 0 fully saturated rings. The highest BCUT2D eigenvalue weighted by Gasteiger charge is 2.36. The van der Waals surface area contributed by atoms with E-state index in [9.17, 15) is 14.9 Å². The fraction of sp³-hybridized carbons (Fsp3) is 0.387. The molecule has 6 nitrogen and oxygen atoms in total. The van der Waals surface area contributed by atoms with Crippen molar-refractivity contribution in [3.05, 3.63) is 92.1 Å². The molecule has 0 aromatic heterocycles. The van der Waals surface area contributed by atoms with Crippen molar-refractivity contribution in [3.8, 4) is 6.07 Å². The number of dihydropyridines is 1. The largest absolute Gasteiger partial charge is 0.460 e. The minimum absolute atomic E-state index is 0.0341. The number of nitriles is 1. The summed E-state index contributed by atoms with van der Waals surface area (Å²) >= 11 is 8.00. The number of ether oxygens (including phenoxy) is 2. The number of methoxy groups -OCH3 is 1. The normalized spacial score (nSPS) is 15.6. The number of esters is 1. The van der Waals surface area contributed by atoms with Gasteiger partial charge in [0.05, 0.1) is 34.8 Å². The Bertz CT molecular complexity index is 1300. The molecule has 8 heteroatoms. The Balaban J connectivity index is 1.76. The van der Waals surface area contributed by atoms with Crippen LogP contribution < -0.4 is 5.32 Å². The van der Waals surface area contributed by atoms with Crippen LogP contribution in [0.1, 0.15) is 67.9 Å². The van der Waals surface area contributed by atoms with Crippen LogP contribution in [0.3, 0.4) is 0 Å². The molecule has 0 saturated heterocycles. The van der Waals surface area contributed by atoms with E-state index in [-0.39, 0.29) is 24.4 Å². The van der Waals surface area contributed by atoms with Gasteiger partial charge in [0.1, 0.15) is 6.61 Å². The first-order valence-electron chi connectivity index (χ1n) is 12.9. The molecule has 0 spiro atoms. The first-order valence-corrected chi connectivity index (χ1v) is 14.2. The van der Waals surface area contributed by atoms with Gasteiger partial charge in [-0.15, -0.1) is 11.8 Å². The Labute approximate surface area is 240 Å². The summed E-state index contributed by atoms with van der Waals surface area (Å²) in [6.45, 7) is 8.59. The Kier molecular flexibility index (Phi) is 10.8. The Morgan fingerprint density at radius 3 is 2.41 bits per heavy atom. The molecule has 0 aliphatic carbocycles. The van der Waals surface area contributed by atoms with Gasteiger partial charge in [0, 0.05) is 29.8 Å². The van der Waals surface area contributed by atoms with Crippen LogP contribution in [-0.2, 0) is 19.7 Å². The van der Waals surface area contributed by atoms with Gasteiger partial charge >= 0.3 is 5.97 Å². The molecule has 1 N–H and O–H groups in total. The van der Waals surface area contributed by atoms with Gasteiger partial charge in [0.25, 0.3) is 0 Å². The first kappa shape index (κ1) is 30.5. The monoisotopic (exact) mass is 566 g/mol. The van der Waals surface area contributed by atoms with Crippen LogP contribution in [0.5, 0.6) is 0 Å². The Morgan fingerprint density at radius 1 is 1.10 bits per heavy atom. The van der Waals surface area contributed by atoms with E-state index in [4.69, 9.17) is 21.1 Å². The highest BCUT2D eigenvalue weighted by atomic mass is 35.5. The third-order valence-electron chi connectivity index (χ3n) is 6.47. The molecule has 0 bridgehead atoms. The van der Waals surface area contributed by atoms with E-state index in [2.05, 4.69) is 32.2 Å². The van der Waals surface area contributed by atoms with Gasteiger partial charge in [-0.05, 0) is 41.7 Å². The van der Waals surface area contributed by atoms with E-state index in [1.165, 1.54) is 24.4 Å². The molecule has 1 aliphatic rings. The van der Waals surface area contributed by atoms with Gasteiger partial charge in [0.2, 0.25) is 0 Å². The number of ketones is 1. The summed E-state index contributed by atoms with van der Waals surface area (Å²) in [5, 5.41) is 14.5. The van der Waals surface area contributed by atoms with Gasteiger partial charge in [-0.2, -0.15) is 5.26 Å². The maximum atomic E-state index is 13.1. The fourth-order valence-electron chi connectivity index (χ4n) is 4.32. The van der Waals surface area contributed by atoms with Gasteiger partial charge in [-0.1, -0.05) is 74.8 Å². The van der Waals surface area contributed by atoms with E-state index >= 15 is 0 Å². The number of hydrogen-bond donors (Lipinski definition) is 1. The maximum absolute atomic E-state index is 13.1. The number of carbonyl (C=O) groups excluding carboxylic acids is 2. The molecule has 0 unspecified atom stereocenters. The minimum Gasteiger partial charge on any atom is -0.460 e. The molecule has 2 aromatic carbocycles. The summed E-state index contributed by atoms with van der Waals surface area (Å²) in [7, 11) is 1.53. The molecular formula is C31H35ClN2O4S. The molecule has 1 aliphatic heterocycles. The average Bonchev–Trinajstić information content (AvgIpc) is 2.90. The predicted molar refractivity (Wildman–Crippen MR) is 157 cm³/mol. The summed E-state index contributed by atoms with van der Waals surface area (Å²) in [6, 6.07) is 17.3. The lowest BCUT2D eigenvalue weighted by Crippen LogP contribution is -2.29. The second-order valence-corrected chi connectivity index (χ2v) is 11.8. The molecule has 0 radical (unpaired) electrons. The van der Waals surface area contributed by atoms with Crippen molar-refractivity contribution in [1.29, 1.82) is 5.26 Å². The van der Waals surface area contributed by atoms with Crippen LogP contribution in [0.15, 0.2) is 70.4 Å². The van der Waals surface area contributed by atoms with Crippen molar-refractivity contribution in [2.24, 2.45) is 0 Å². The average molecular weight is 567 g/mol. The summed E-state index contributed by atoms with van der Waals surface area (Å²) in [4.78, 5) is 25.9. The number of thioether (sulfide) groups is 1. The third-order valence-corrected chi connectivity index (χ3v) is 7.92. The standard InChI is InChI=1S/C31H35ClN2O4S/c1-20-27(30(36)38-17-16-37-5)28(23-9-6-7-10-25(23)32)24(19-33)29(34-20)39-18-8-11-26(35)21-12-14-22(15-13-21)31(2,3)4/h6-7,9-10,12-15,28,34H,8,11,16-18H2,1-5H3/t28-/m1/s1. The van der Waals surface area contributed by atoms with Crippen LogP contribution in [0.2, 0.25) is 5.02 Å². The van der Waals surface area contributed by atoms with Gasteiger partial charge in [-0.3, -0.25) is 4.79 Å².